The molecule has 0 bridgehead atoms. The predicted molar refractivity (Wildman–Crippen MR) is 114 cm³/mol. The van der Waals surface area contributed by atoms with Crippen molar-refractivity contribution in [3.63, 3.8) is 0 Å². The molecule has 2 heterocycles. The number of rotatable bonds is 5. The maximum absolute atomic E-state index is 12.8. The van der Waals surface area contributed by atoms with Crippen molar-refractivity contribution in [3.05, 3.63) is 28.7 Å². The van der Waals surface area contributed by atoms with E-state index in [1.54, 1.807) is 4.68 Å². The zero-order chi connectivity index (χ0) is 21.5. The Hall–Kier alpha value is -2.77. The largest absolute Gasteiger partial charge is 0.367 e. The van der Waals surface area contributed by atoms with Gasteiger partial charge in [-0.2, -0.15) is 10.1 Å². The van der Waals surface area contributed by atoms with Crippen molar-refractivity contribution >= 4 is 17.5 Å². The Bertz CT molecular complexity index is 988. The number of primary amides is 1. The second-order valence-electron chi connectivity index (χ2n) is 9.25. The van der Waals surface area contributed by atoms with E-state index < -0.39 is 5.91 Å². The van der Waals surface area contributed by atoms with Crippen LogP contribution >= 0.6 is 0 Å². The summed E-state index contributed by atoms with van der Waals surface area (Å²) < 4.78 is 1.68. The first-order valence-corrected chi connectivity index (χ1v) is 10.9. The van der Waals surface area contributed by atoms with Gasteiger partial charge in [-0.05, 0) is 31.1 Å². The van der Waals surface area contributed by atoms with Gasteiger partial charge in [-0.25, -0.2) is 9.67 Å². The first-order valence-electron chi connectivity index (χ1n) is 10.9. The molecule has 1 amide bonds. The van der Waals surface area contributed by atoms with Gasteiger partial charge in [-0.1, -0.05) is 40.0 Å². The molecule has 0 spiro atoms. The number of fused-ring (bicyclic) bond motifs is 1. The van der Waals surface area contributed by atoms with Gasteiger partial charge in [0.25, 0.3) is 11.9 Å². The molecule has 4 rings (SSSR count). The van der Waals surface area contributed by atoms with Crippen LogP contribution in [-0.2, 0) is 12.8 Å². The van der Waals surface area contributed by atoms with Gasteiger partial charge in [0.1, 0.15) is 5.82 Å². The first kappa shape index (κ1) is 20.5. The minimum absolute atomic E-state index is 0.124. The lowest BCUT2D eigenvalue weighted by Crippen LogP contribution is -2.29. The number of anilines is 1. The number of aryl methyl sites for hydroxylation is 1. The molecule has 0 unspecified atom stereocenters. The van der Waals surface area contributed by atoms with Gasteiger partial charge >= 0.3 is 0 Å². The molecule has 8 heteroatoms. The normalized spacial score (nSPS) is 18.8. The van der Waals surface area contributed by atoms with Crippen LogP contribution in [-0.4, -0.2) is 37.5 Å². The molecular formula is C22H30N6O2. The molecule has 0 aromatic carbocycles. The van der Waals surface area contributed by atoms with Crippen molar-refractivity contribution in [3.8, 4) is 5.95 Å². The van der Waals surface area contributed by atoms with E-state index in [1.807, 2.05) is 6.92 Å². The maximum Gasteiger partial charge on any atom is 0.254 e. The summed E-state index contributed by atoms with van der Waals surface area (Å²) >= 11 is 0. The second-order valence-corrected chi connectivity index (χ2v) is 9.25. The highest BCUT2D eigenvalue weighted by Crippen LogP contribution is 2.37. The van der Waals surface area contributed by atoms with Crippen LogP contribution in [0.2, 0.25) is 0 Å². The Balaban J connectivity index is 1.78. The number of aromatic nitrogens is 4. The van der Waals surface area contributed by atoms with Crippen molar-refractivity contribution in [1.29, 1.82) is 0 Å². The minimum atomic E-state index is -0.562. The summed E-state index contributed by atoms with van der Waals surface area (Å²) in [5, 5.41) is 8.09. The summed E-state index contributed by atoms with van der Waals surface area (Å²) in [6.45, 7) is 6.17. The van der Waals surface area contributed by atoms with Crippen LogP contribution in [0.4, 0.5) is 5.82 Å². The second kappa shape index (κ2) is 7.81. The van der Waals surface area contributed by atoms with Crippen LogP contribution < -0.4 is 11.1 Å². The molecular weight excluding hydrogens is 380 g/mol. The molecule has 2 aliphatic rings. The molecule has 30 heavy (non-hydrogen) atoms. The monoisotopic (exact) mass is 410 g/mol. The van der Waals surface area contributed by atoms with Crippen molar-refractivity contribution in [2.75, 3.05) is 5.32 Å². The number of ketones is 1. The van der Waals surface area contributed by atoms with Gasteiger partial charge in [0, 0.05) is 18.7 Å². The fourth-order valence-electron chi connectivity index (χ4n) is 4.65. The molecule has 3 N–H and O–H groups in total. The number of carbonyl (C=O) groups excluding carboxylic acids is 2. The summed E-state index contributed by atoms with van der Waals surface area (Å²) in [6.07, 6.45) is 8.98. The van der Waals surface area contributed by atoms with Crippen molar-refractivity contribution in [2.45, 2.75) is 78.2 Å². The summed E-state index contributed by atoms with van der Waals surface area (Å²) in [4.78, 5) is 33.8. The van der Waals surface area contributed by atoms with Crippen LogP contribution in [0.1, 0.15) is 91.4 Å². The van der Waals surface area contributed by atoms with Crippen molar-refractivity contribution in [1.82, 2.24) is 19.7 Å². The average molecular weight is 411 g/mol. The van der Waals surface area contributed by atoms with Gasteiger partial charge in [0.15, 0.2) is 5.78 Å². The molecule has 8 nitrogen and oxygen atoms in total. The summed E-state index contributed by atoms with van der Waals surface area (Å²) in [5.74, 6) is 0.370. The minimum Gasteiger partial charge on any atom is -0.367 e. The van der Waals surface area contributed by atoms with E-state index in [9.17, 15) is 9.59 Å². The summed E-state index contributed by atoms with van der Waals surface area (Å²) in [5.41, 5.74) is 8.03. The Kier molecular flexibility index (Phi) is 5.34. The SMILES string of the molecule is CCc1nn(-c2ncc(C(N)=O)c(NC3CCCCC3)n2)c2c1C(=O)CC(C)(C)C2. The number of hydrogen-bond acceptors (Lipinski definition) is 6. The molecule has 0 atom stereocenters. The van der Waals surface area contributed by atoms with Gasteiger partial charge in [0.2, 0.25) is 0 Å². The lowest BCUT2D eigenvalue weighted by atomic mass is 9.75. The number of Topliss-reactive ketones (excluding diaryl/α,β-unsaturated/α-hetero) is 1. The number of nitrogens with one attached hydrogen (secondary N) is 1. The Labute approximate surface area is 176 Å². The summed E-state index contributed by atoms with van der Waals surface area (Å²) in [7, 11) is 0. The maximum atomic E-state index is 12.8. The van der Waals surface area contributed by atoms with Crippen LogP contribution in [0.15, 0.2) is 6.20 Å². The van der Waals surface area contributed by atoms with E-state index >= 15 is 0 Å². The molecule has 2 aromatic heterocycles. The standard InChI is InChI=1S/C22H30N6O2/c1-4-15-18-16(10-22(2,3)11-17(18)29)28(27-15)21-24-12-14(19(23)30)20(26-21)25-13-8-6-5-7-9-13/h12-13H,4-11H2,1-3H3,(H2,23,30)(H,24,25,26). The third-order valence-corrected chi connectivity index (χ3v) is 6.13. The molecule has 2 aliphatic carbocycles. The number of nitrogens with two attached hydrogens (primary N) is 1. The van der Waals surface area contributed by atoms with E-state index in [2.05, 4.69) is 34.2 Å². The van der Waals surface area contributed by atoms with Crippen LogP contribution in [0, 0.1) is 5.41 Å². The molecule has 160 valence electrons. The molecule has 1 fully saturated rings. The van der Waals surface area contributed by atoms with E-state index in [0.717, 1.165) is 37.1 Å². The zero-order valence-electron chi connectivity index (χ0n) is 18.0. The van der Waals surface area contributed by atoms with Gasteiger partial charge in [0.05, 0.1) is 22.5 Å². The highest BCUT2D eigenvalue weighted by molar-refractivity contribution is 6.00. The molecule has 0 saturated heterocycles. The molecule has 0 radical (unpaired) electrons. The lowest BCUT2D eigenvalue weighted by Gasteiger charge is -2.29. The van der Waals surface area contributed by atoms with Crippen LogP contribution in [0.5, 0.6) is 0 Å². The highest BCUT2D eigenvalue weighted by Gasteiger charge is 2.37. The summed E-state index contributed by atoms with van der Waals surface area (Å²) in [6, 6.07) is 0.262. The fourth-order valence-corrected chi connectivity index (χ4v) is 4.65. The molecule has 2 aromatic rings. The van der Waals surface area contributed by atoms with Crippen LogP contribution in [0.25, 0.3) is 5.95 Å². The lowest BCUT2D eigenvalue weighted by molar-refractivity contribution is 0.0909. The average Bonchev–Trinajstić information content (AvgIpc) is 3.06. The topological polar surface area (TPSA) is 116 Å². The quantitative estimate of drug-likeness (QED) is 0.782. The predicted octanol–water partition coefficient (Wildman–Crippen LogP) is 3.22. The van der Waals surface area contributed by atoms with Gasteiger partial charge in [-0.15, -0.1) is 0 Å². The third kappa shape index (κ3) is 3.82. The molecule has 0 aliphatic heterocycles. The Morgan fingerprint density at radius 2 is 2.00 bits per heavy atom. The number of hydrogen-bond donors (Lipinski definition) is 2. The zero-order valence-corrected chi connectivity index (χ0v) is 18.0. The van der Waals surface area contributed by atoms with Crippen molar-refractivity contribution < 1.29 is 9.59 Å². The van der Waals surface area contributed by atoms with Crippen LogP contribution in [0.3, 0.4) is 0 Å². The number of amides is 1. The fraction of sp³-hybridized carbons (Fsp3) is 0.591. The van der Waals surface area contributed by atoms with E-state index in [1.165, 1.54) is 12.6 Å². The number of nitrogens with zero attached hydrogens (tertiary/aromatic N) is 4. The third-order valence-electron chi connectivity index (χ3n) is 6.13. The first-order chi connectivity index (χ1) is 14.3. The Morgan fingerprint density at radius 3 is 2.67 bits per heavy atom. The number of carbonyl (C=O) groups is 2. The van der Waals surface area contributed by atoms with E-state index in [4.69, 9.17) is 5.73 Å². The Morgan fingerprint density at radius 1 is 1.27 bits per heavy atom. The van der Waals surface area contributed by atoms with Gasteiger partial charge < -0.3 is 11.1 Å². The van der Waals surface area contributed by atoms with Gasteiger partial charge in [-0.3, -0.25) is 9.59 Å². The smallest absolute Gasteiger partial charge is 0.254 e. The highest BCUT2D eigenvalue weighted by atomic mass is 16.1. The van der Waals surface area contributed by atoms with E-state index in [0.29, 0.717) is 36.6 Å². The van der Waals surface area contributed by atoms with E-state index in [-0.39, 0.29) is 22.8 Å². The van der Waals surface area contributed by atoms with Crippen molar-refractivity contribution in [2.24, 2.45) is 11.1 Å². The molecule has 1 saturated carbocycles.